The average molecular weight is 416 g/mol. The number of hydrogen-bond donors (Lipinski definition) is 2. The molecule has 0 aliphatic heterocycles. The first-order valence-corrected chi connectivity index (χ1v) is 10.5. The quantitative estimate of drug-likeness (QED) is 0.525. The summed E-state index contributed by atoms with van der Waals surface area (Å²) in [5.41, 5.74) is 3.83. The predicted octanol–water partition coefficient (Wildman–Crippen LogP) is 5.30. The smallest absolute Gasteiger partial charge is 0.322 e. The monoisotopic (exact) mass is 415 g/mol. The van der Waals surface area contributed by atoms with Crippen molar-refractivity contribution in [2.24, 2.45) is 0 Å². The lowest BCUT2D eigenvalue weighted by molar-refractivity contribution is -0.121. The number of benzene rings is 3. The lowest BCUT2D eigenvalue weighted by Crippen LogP contribution is -2.38. The highest BCUT2D eigenvalue weighted by atomic mass is 16.2. The Hall–Kier alpha value is -3.60. The summed E-state index contributed by atoms with van der Waals surface area (Å²) >= 11 is 0. The number of aryl methyl sites for hydroxylation is 1. The molecular weight excluding hydrogens is 386 g/mol. The molecule has 0 heterocycles. The first kappa shape index (κ1) is 22.1. The van der Waals surface area contributed by atoms with Crippen molar-refractivity contribution >= 4 is 17.6 Å². The number of carbonyl (C=O) groups excluding carboxylic acids is 2. The van der Waals surface area contributed by atoms with Gasteiger partial charge in [0.2, 0.25) is 5.91 Å². The van der Waals surface area contributed by atoms with Gasteiger partial charge in [-0.3, -0.25) is 4.79 Å². The molecule has 0 spiro atoms. The number of para-hydroxylation sites is 1. The van der Waals surface area contributed by atoms with Crippen LogP contribution in [0.3, 0.4) is 0 Å². The van der Waals surface area contributed by atoms with E-state index in [-0.39, 0.29) is 24.4 Å². The molecule has 3 aromatic rings. The van der Waals surface area contributed by atoms with Crippen LogP contribution >= 0.6 is 0 Å². The van der Waals surface area contributed by atoms with Gasteiger partial charge in [-0.2, -0.15) is 0 Å². The Labute approximate surface area is 184 Å². The molecule has 5 nitrogen and oxygen atoms in total. The Bertz CT molecular complexity index is 990. The Morgan fingerprint density at radius 3 is 2.16 bits per heavy atom. The van der Waals surface area contributed by atoms with Crippen LogP contribution in [-0.4, -0.2) is 23.4 Å². The molecule has 0 aromatic heterocycles. The van der Waals surface area contributed by atoms with E-state index < -0.39 is 0 Å². The van der Waals surface area contributed by atoms with Crippen molar-refractivity contribution in [3.63, 3.8) is 0 Å². The van der Waals surface area contributed by atoms with E-state index in [4.69, 9.17) is 0 Å². The van der Waals surface area contributed by atoms with E-state index in [1.54, 1.807) is 4.90 Å². The molecule has 1 atom stereocenters. The van der Waals surface area contributed by atoms with Gasteiger partial charge >= 0.3 is 6.03 Å². The number of anilines is 1. The van der Waals surface area contributed by atoms with Gasteiger partial charge in [0, 0.05) is 25.2 Å². The number of rotatable bonds is 8. The van der Waals surface area contributed by atoms with Gasteiger partial charge in [-0.1, -0.05) is 78.9 Å². The zero-order chi connectivity index (χ0) is 22.1. The van der Waals surface area contributed by atoms with Crippen LogP contribution in [0.5, 0.6) is 0 Å². The summed E-state index contributed by atoms with van der Waals surface area (Å²) < 4.78 is 0. The molecule has 0 aliphatic carbocycles. The molecule has 3 amide bonds. The van der Waals surface area contributed by atoms with Crippen molar-refractivity contribution in [2.45, 2.75) is 32.9 Å². The maximum absolute atomic E-state index is 13.0. The molecule has 3 rings (SSSR count). The topological polar surface area (TPSA) is 61.4 Å². The van der Waals surface area contributed by atoms with Crippen LogP contribution < -0.4 is 10.6 Å². The van der Waals surface area contributed by atoms with Crippen LogP contribution in [0.1, 0.15) is 36.1 Å². The summed E-state index contributed by atoms with van der Waals surface area (Å²) in [6.07, 6.45) is 0.227. The van der Waals surface area contributed by atoms with Crippen molar-refractivity contribution in [1.29, 1.82) is 0 Å². The fourth-order valence-electron chi connectivity index (χ4n) is 3.34. The lowest BCUT2D eigenvalue weighted by atomic mass is 10.1. The van der Waals surface area contributed by atoms with Gasteiger partial charge in [0.1, 0.15) is 0 Å². The second-order valence-corrected chi connectivity index (χ2v) is 7.60. The van der Waals surface area contributed by atoms with Gasteiger partial charge in [0.15, 0.2) is 0 Å². The Morgan fingerprint density at radius 2 is 1.48 bits per heavy atom. The molecule has 31 heavy (non-hydrogen) atoms. The molecule has 0 aliphatic rings. The molecule has 3 aromatic carbocycles. The second kappa shape index (κ2) is 11.0. The van der Waals surface area contributed by atoms with Gasteiger partial charge in [-0.25, -0.2) is 4.79 Å². The molecule has 160 valence electrons. The van der Waals surface area contributed by atoms with Gasteiger partial charge in [0.05, 0.1) is 6.04 Å². The summed E-state index contributed by atoms with van der Waals surface area (Å²) in [4.78, 5) is 27.2. The third kappa shape index (κ3) is 6.71. The first-order valence-electron chi connectivity index (χ1n) is 10.5. The van der Waals surface area contributed by atoms with Crippen LogP contribution in [0.4, 0.5) is 10.5 Å². The lowest BCUT2D eigenvalue weighted by Gasteiger charge is -2.24. The van der Waals surface area contributed by atoms with E-state index in [0.717, 1.165) is 22.4 Å². The zero-order valence-electron chi connectivity index (χ0n) is 18.0. The third-order valence-corrected chi connectivity index (χ3v) is 5.18. The van der Waals surface area contributed by atoms with E-state index in [9.17, 15) is 9.59 Å². The van der Waals surface area contributed by atoms with Crippen LogP contribution in [-0.2, 0) is 11.3 Å². The molecule has 2 N–H and O–H groups in total. The summed E-state index contributed by atoms with van der Waals surface area (Å²) in [5.74, 6) is -0.0851. The maximum atomic E-state index is 13.0. The van der Waals surface area contributed by atoms with Crippen molar-refractivity contribution in [1.82, 2.24) is 10.2 Å². The van der Waals surface area contributed by atoms with Crippen LogP contribution in [0.2, 0.25) is 0 Å². The number of amides is 3. The summed E-state index contributed by atoms with van der Waals surface area (Å²) in [6, 6.07) is 27.0. The number of nitrogens with zero attached hydrogens (tertiary/aromatic N) is 1. The van der Waals surface area contributed by atoms with E-state index in [2.05, 4.69) is 10.6 Å². The van der Waals surface area contributed by atoms with E-state index in [1.165, 1.54) is 0 Å². The summed E-state index contributed by atoms with van der Waals surface area (Å²) in [6.45, 7) is 4.66. The number of carbonyl (C=O) groups is 2. The second-order valence-electron chi connectivity index (χ2n) is 7.60. The molecule has 0 fully saturated rings. The molecule has 5 heteroatoms. The van der Waals surface area contributed by atoms with E-state index in [0.29, 0.717) is 13.1 Å². The van der Waals surface area contributed by atoms with Crippen molar-refractivity contribution < 1.29 is 9.59 Å². The summed E-state index contributed by atoms with van der Waals surface area (Å²) in [5, 5.41) is 5.99. The molecule has 0 saturated heterocycles. The standard InChI is InChI=1S/C26H29N3O2/c1-20-11-9-10-16-24(20)28-26(31)29(19-22-12-5-3-6-13-22)18-17-25(30)27-21(2)23-14-7-4-8-15-23/h3-16,21H,17-19H2,1-2H3,(H,27,30)(H,28,31). The highest BCUT2D eigenvalue weighted by Gasteiger charge is 2.17. The largest absolute Gasteiger partial charge is 0.350 e. The highest BCUT2D eigenvalue weighted by Crippen LogP contribution is 2.16. The predicted molar refractivity (Wildman–Crippen MR) is 125 cm³/mol. The van der Waals surface area contributed by atoms with Crippen molar-refractivity contribution in [2.75, 3.05) is 11.9 Å². The maximum Gasteiger partial charge on any atom is 0.322 e. The van der Waals surface area contributed by atoms with Gasteiger partial charge in [-0.15, -0.1) is 0 Å². The normalized spacial score (nSPS) is 11.4. The highest BCUT2D eigenvalue weighted by molar-refractivity contribution is 5.90. The average Bonchev–Trinajstić information content (AvgIpc) is 2.79. The van der Waals surface area contributed by atoms with Crippen LogP contribution in [0, 0.1) is 6.92 Å². The minimum atomic E-state index is -0.220. The van der Waals surface area contributed by atoms with Gasteiger partial charge in [0.25, 0.3) is 0 Å². The van der Waals surface area contributed by atoms with E-state index in [1.807, 2.05) is 98.8 Å². The Kier molecular flexibility index (Phi) is 7.82. The number of hydrogen-bond acceptors (Lipinski definition) is 2. The summed E-state index contributed by atoms with van der Waals surface area (Å²) in [7, 11) is 0. The molecule has 0 saturated carbocycles. The molecule has 0 bridgehead atoms. The van der Waals surface area contributed by atoms with Gasteiger partial charge in [-0.05, 0) is 36.6 Å². The number of nitrogens with one attached hydrogen (secondary N) is 2. The first-order chi connectivity index (χ1) is 15.0. The van der Waals surface area contributed by atoms with E-state index >= 15 is 0 Å². The SMILES string of the molecule is Cc1ccccc1NC(=O)N(CCC(=O)NC(C)c1ccccc1)Cc1ccccc1. The molecule has 1 unspecified atom stereocenters. The Balaban J connectivity index is 1.64. The van der Waals surface area contributed by atoms with Crippen LogP contribution in [0.25, 0.3) is 0 Å². The van der Waals surface area contributed by atoms with Crippen LogP contribution in [0.15, 0.2) is 84.9 Å². The van der Waals surface area contributed by atoms with Crippen molar-refractivity contribution in [3.8, 4) is 0 Å². The minimum absolute atomic E-state index is 0.0851. The number of urea groups is 1. The third-order valence-electron chi connectivity index (χ3n) is 5.18. The zero-order valence-corrected chi connectivity index (χ0v) is 18.0. The minimum Gasteiger partial charge on any atom is -0.350 e. The molecule has 0 radical (unpaired) electrons. The van der Waals surface area contributed by atoms with Crippen molar-refractivity contribution in [3.05, 3.63) is 102 Å². The fourth-order valence-corrected chi connectivity index (χ4v) is 3.34. The fraction of sp³-hybridized carbons (Fsp3) is 0.231. The van der Waals surface area contributed by atoms with Gasteiger partial charge < -0.3 is 15.5 Å². The Morgan fingerprint density at radius 1 is 0.871 bits per heavy atom. The molecular formula is C26H29N3O2.